The second kappa shape index (κ2) is 8.87. The van der Waals surface area contributed by atoms with Crippen molar-refractivity contribution in [3.63, 3.8) is 0 Å². The summed E-state index contributed by atoms with van der Waals surface area (Å²) in [5.74, 6) is 0.661. The Hall–Kier alpha value is -4.37. The Bertz CT molecular complexity index is 1590. The van der Waals surface area contributed by atoms with E-state index in [4.69, 9.17) is 15.0 Å². The molecule has 5 rings (SSSR count). The summed E-state index contributed by atoms with van der Waals surface area (Å²) in [4.78, 5) is 14.4. The van der Waals surface area contributed by atoms with E-state index in [9.17, 15) is 0 Å². The highest BCUT2D eigenvalue weighted by Crippen LogP contribution is 2.33. The maximum Gasteiger partial charge on any atom is 0.160 e. The van der Waals surface area contributed by atoms with Gasteiger partial charge >= 0.3 is 0 Å². The Morgan fingerprint density at radius 2 is 1.59 bits per heavy atom. The maximum absolute atomic E-state index is 4.91. The third-order valence-corrected chi connectivity index (χ3v) is 6.11. The van der Waals surface area contributed by atoms with E-state index in [1.165, 1.54) is 0 Å². The molecule has 2 aromatic heterocycles. The van der Waals surface area contributed by atoms with Gasteiger partial charge in [0.05, 0.1) is 11.0 Å². The predicted molar refractivity (Wildman–Crippen MR) is 143 cm³/mol. The summed E-state index contributed by atoms with van der Waals surface area (Å²) in [6.45, 7) is 12.6. The van der Waals surface area contributed by atoms with Crippen molar-refractivity contribution in [1.29, 1.82) is 0 Å². The number of hydrogen-bond donors (Lipinski definition) is 0. The average Bonchev–Trinajstić information content (AvgIpc) is 2.87. The van der Waals surface area contributed by atoms with Crippen LogP contribution in [-0.4, -0.2) is 15.0 Å². The van der Waals surface area contributed by atoms with Gasteiger partial charge in [-0.15, -0.1) is 0 Å². The van der Waals surface area contributed by atoms with Gasteiger partial charge in [-0.1, -0.05) is 79.4 Å². The number of para-hydroxylation sites is 1. The van der Waals surface area contributed by atoms with Crippen molar-refractivity contribution in [3.05, 3.63) is 133 Å². The zero-order valence-electron chi connectivity index (χ0n) is 19.4. The highest BCUT2D eigenvalue weighted by molar-refractivity contribution is 5.98. The van der Waals surface area contributed by atoms with Crippen molar-refractivity contribution < 1.29 is 0 Å². The molecule has 5 aromatic rings. The number of nitrogens with zero attached hydrogens (tertiary/aromatic N) is 3. The van der Waals surface area contributed by atoms with E-state index in [1.807, 2.05) is 67.8 Å². The minimum Gasteiger partial charge on any atom is -0.256 e. The molecular formula is C31H25N3. The smallest absolute Gasteiger partial charge is 0.160 e. The van der Waals surface area contributed by atoms with E-state index in [-0.39, 0.29) is 0 Å². The van der Waals surface area contributed by atoms with Crippen LogP contribution in [0.4, 0.5) is 0 Å². The van der Waals surface area contributed by atoms with Gasteiger partial charge in [0.15, 0.2) is 5.82 Å². The largest absolute Gasteiger partial charge is 0.256 e. The van der Waals surface area contributed by atoms with Crippen molar-refractivity contribution in [2.75, 3.05) is 0 Å². The van der Waals surface area contributed by atoms with E-state index in [0.29, 0.717) is 5.82 Å². The number of allylic oxidation sites excluding steroid dienone is 3. The quantitative estimate of drug-likeness (QED) is 0.264. The Morgan fingerprint density at radius 1 is 0.824 bits per heavy atom. The molecule has 0 aliphatic carbocycles. The second-order valence-corrected chi connectivity index (χ2v) is 8.47. The Labute approximate surface area is 199 Å². The lowest BCUT2D eigenvalue weighted by Crippen LogP contribution is -2.01. The third kappa shape index (κ3) is 3.93. The number of pyridine rings is 1. The maximum atomic E-state index is 4.91. The summed E-state index contributed by atoms with van der Waals surface area (Å²) in [6.07, 6.45) is 5.81. The van der Waals surface area contributed by atoms with Crippen LogP contribution in [0.3, 0.4) is 0 Å². The van der Waals surface area contributed by atoms with E-state index in [1.54, 1.807) is 0 Å². The molecule has 2 heterocycles. The Morgan fingerprint density at radius 3 is 2.38 bits per heavy atom. The van der Waals surface area contributed by atoms with Crippen LogP contribution in [0.5, 0.6) is 0 Å². The van der Waals surface area contributed by atoms with Gasteiger partial charge < -0.3 is 0 Å². The third-order valence-electron chi connectivity index (χ3n) is 6.11. The second-order valence-electron chi connectivity index (χ2n) is 8.47. The molecule has 3 nitrogen and oxygen atoms in total. The summed E-state index contributed by atoms with van der Waals surface area (Å²) in [6, 6.07) is 24.5. The first kappa shape index (κ1) is 21.5. The molecule has 3 aromatic carbocycles. The number of hydrogen-bond acceptors (Lipinski definition) is 3. The normalized spacial score (nSPS) is 11.6. The van der Waals surface area contributed by atoms with Gasteiger partial charge in [0.1, 0.15) is 0 Å². The van der Waals surface area contributed by atoms with Gasteiger partial charge in [-0.25, -0.2) is 9.97 Å². The van der Waals surface area contributed by atoms with Gasteiger partial charge in [0, 0.05) is 28.7 Å². The summed E-state index contributed by atoms with van der Waals surface area (Å²) in [5, 5.41) is 2.10. The number of benzene rings is 3. The van der Waals surface area contributed by atoms with Crippen molar-refractivity contribution in [3.8, 4) is 0 Å². The minimum atomic E-state index is 0.661. The molecule has 164 valence electrons. The van der Waals surface area contributed by atoms with Gasteiger partial charge in [0.25, 0.3) is 0 Å². The van der Waals surface area contributed by atoms with E-state index >= 15 is 0 Å². The van der Waals surface area contributed by atoms with Gasteiger partial charge in [0.2, 0.25) is 0 Å². The fourth-order valence-electron chi connectivity index (χ4n) is 4.30. The summed E-state index contributed by atoms with van der Waals surface area (Å²) >= 11 is 0. The highest BCUT2D eigenvalue weighted by atomic mass is 14.9. The minimum absolute atomic E-state index is 0.661. The SMILES string of the molecule is C=C(/C=C(/c1ncc2ccccc2n1)c1ccc2c(C(=C)C)ccnc2c1C)c1ccccc1. The predicted octanol–water partition coefficient (Wildman–Crippen LogP) is 7.66. The fourth-order valence-corrected chi connectivity index (χ4v) is 4.30. The summed E-state index contributed by atoms with van der Waals surface area (Å²) in [7, 11) is 0. The van der Waals surface area contributed by atoms with Gasteiger partial charge in [-0.05, 0) is 59.9 Å². The molecule has 0 radical (unpaired) electrons. The first-order valence-electron chi connectivity index (χ1n) is 11.3. The average molecular weight is 440 g/mol. The molecule has 0 saturated carbocycles. The molecule has 0 unspecified atom stereocenters. The van der Waals surface area contributed by atoms with Crippen LogP contribution in [0.1, 0.15) is 35.0 Å². The van der Waals surface area contributed by atoms with E-state index in [2.05, 4.69) is 50.4 Å². The lowest BCUT2D eigenvalue weighted by Gasteiger charge is -2.15. The van der Waals surface area contributed by atoms with Crippen LogP contribution in [0.2, 0.25) is 0 Å². The van der Waals surface area contributed by atoms with Crippen LogP contribution >= 0.6 is 0 Å². The molecule has 0 spiro atoms. The first-order valence-corrected chi connectivity index (χ1v) is 11.3. The molecule has 0 aliphatic rings. The number of rotatable bonds is 5. The Balaban J connectivity index is 1.75. The molecule has 0 amide bonds. The molecule has 0 saturated heterocycles. The molecule has 0 N–H and O–H groups in total. The highest BCUT2D eigenvalue weighted by Gasteiger charge is 2.16. The molecule has 3 heteroatoms. The zero-order valence-corrected chi connectivity index (χ0v) is 19.4. The van der Waals surface area contributed by atoms with Crippen LogP contribution in [0.15, 0.2) is 104 Å². The Kier molecular flexibility index (Phi) is 5.60. The van der Waals surface area contributed by atoms with Gasteiger partial charge in [-0.3, -0.25) is 4.98 Å². The molecule has 0 fully saturated rings. The molecule has 34 heavy (non-hydrogen) atoms. The topological polar surface area (TPSA) is 38.7 Å². The van der Waals surface area contributed by atoms with Crippen molar-refractivity contribution in [1.82, 2.24) is 15.0 Å². The summed E-state index contributed by atoms with van der Waals surface area (Å²) in [5.41, 5.74) is 8.97. The van der Waals surface area contributed by atoms with Gasteiger partial charge in [-0.2, -0.15) is 0 Å². The van der Waals surface area contributed by atoms with E-state index in [0.717, 1.165) is 60.8 Å². The van der Waals surface area contributed by atoms with Crippen LogP contribution in [-0.2, 0) is 0 Å². The van der Waals surface area contributed by atoms with Crippen molar-refractivity contribution in [2.45, 2.75) is 13.8 Å². The van der Waals surface area contributed by atoms with Crippen molar-refractivity contribution >= 4 is 38.5 Å². The standard InChI is InChI=1S/C31H25N3/c1-20(2)25-16-17-32-30-22(4)26(14-15-27(25)30)28(18-21(3)23-10-6-5-7-11-23)31-33-19-24-12-8-9-13-29(24)34-31/h5-19H,1,3H2,2,4H3/b28-18+. The first-order chi connectivity index (χ1) is 16.5. The molecule has 0 bridgehead atoms. The lowest BCUT2D eigenvalue weighted by molar-refractivity contribution is 1.16. The van der Waals surface area contributed by atoms with Crippen LogP contribution < -0.4 is 0 Å². The lowest BCUT2D eigenvalue weighted by atomic mass is 9.92. The summed E-state index contributed by atoms with van der Waals surface area (Å²) < 4.78 is 0. The monoisotopic (exact) mass is 439 g/mol. The molecule has 0 atom stereocenters. The fraction of sp³-hybridized carbons (Fsp3) is 0.0645. The number of aromatic nitrogens is 3. The van der Waals surface area contributed by atoms with E-state index < -0.39 is 0 Å². The van der Waals surface area contributed by atoms with Crippen LogP contribution in [0.25, 0.3) is 38.5 Å². The molecule has 0 aliphatic heterocycles. The zero-order chi connectivity index (χ0) is 23.7. The number of fused-ring (bicyclic) bond motifs is 2. The van der Waals surface area contributed by atoms with Crippen molar-refractivity contribution in [2.24, 2.45) is 0 Å². The van der Waals surface area contributed by atoms with Crippen LogP contribution in [0, 0.1) is 6.92 Å². The molecular weight excluding hydrogens is 414 g/mol. The number of aryl methyl sites for hydroxylation is 1.